The third-order valence-corrected chi connectivity index (χ3v) is 4.07. The van der Waals surface area contributed by atoms with E-state index in [1.165, 1.54) is 30.3 Å². The average molecular weight is 398 g/mol. The molecule has 2 aromatic rings. The first-order valence-corrected chi connectivity index (χ1v) is 9.22. The normalized spacial score (nSPS) is 10.6. The predicted molar refractivity (Wildman–Crippen MR) is 109 cm³/mol. The van der Waals surface area contributed by atoms with Crippen molar-refractivity contribution in [3.8, 4) is 0 Å². The molecule has 2 amide bonds. The average Bonchev–Trinajstić information content (AvgIpc) is 2.73. The first-order chi connectivity index (χ1) is 13.9. The number of nitrogens with zero attached hydrogens (tertiary/aromatic N) is 1. The molecule has 0 radical (unpaired) electrons. The Balaban J connectivity index is 1.87. The van der Waals surface area contributed by atoms with Gasteiger partial charge in [0.15, 0.2) is 6.61 Å². The number of rotatable bonds is 8. The maximum Gasteiger partial charge on any atom is 0.331 e. The summed E-state index contributed by atoms with van der Waals surface area (Å²) in [6.07, 6.45) is 2.62. The van der Waals surface area contributed by atoms with Gasteiger partial charge in [-0.05, 0) is 55.8 Å². The zero-order valence-corrected chi connectivity index (χ0v) is 16.4. The summed E-state index contributed by atoms with van der Waals surface area (Å²) in [6.45, 7) is 4.50. The van der Waals surface area contributed by atoms with Gasteiger partial charge in [-0.3, -0.25) is 9.59 Å². The molecular weight excluding hydrogens is 375 g/mol. The van der Waals surface area contributed by atoms with Crippen LogP contribution in [0.2, 0.25) is 0 Å². The molecule has 0 aromatic heterocycles. The van der Waals surface area contributed by atoms with Crippen LogP contribution in [0, 0.1) is 5.82 Å². The van der Waals surface area contributed by atoms with Crippen LogP contribution in [0.5, 0.6) is 0 Å². The molecule has 2 aromatic carbocycles. The Kier molecular flexibility index (Phi) is 8.09. The lowest BCUT2D eigenvalue weighted by Gasteiger charge is -2.19. The largest absolute Gasteiger partial charge is 0.452 e. The molecule has 7 heteroatoms. The highest BCUT2D eigenvalue weighted by atomic mass is 19.1. The van der Waals surface area contributed by atoms with Gasteiger partial charge in [0.05, 0.1) is 0 Å². The van der Waals surface area contributed by atoms with Crippen molar-refractivity contribution < 1.29 is 23.5 Å². The maximum absolute atomic E-state index is 12.8. The Labute approximate surface area is 169 Å². The molecule has 152 valence electrons. The Morgan fingerprint density at radius 2 is 1.76 bits per heavy atom. The number of hydrogen-bond donors (Lipinski definition) is 1. The third kappa shape index (κ3) is 6.88. The number of amides is 2. The number of hydrogen-bond acceptors (Lipinski definition) is 4. The van der Waals surface area contributed by atoms with E-state index in [1.54, 1.807) is 29.2 Å². The summed E-state index contributed by atoms with van der Waals surface area (Å²) in [4.78, 5) is 37.8. The van der Waals surface area contributed by atoms with Crippen molar-refractivity contribution in [2.75, 3.05) is 25.0 Å². The highest BCUT2D eigenvalue weighted by Gasteiger charge is 2.13. The zero-order chi connectivity index (χ0) is 21.2. The fourth-order valence-corrected chi connectivity index (χ4v) is 2.54. The minimum Gasteiger partial charge on any atom is -0.452 e. The van der Waals surface area contributed by atoms with Crippen molar-refractivity contribution in [3.63, 3.8) is 0 Å². The smallest absolute Gasteiger partial charge is 0.331 e. The minimum absolute atomic E-state index is 0.122. The topological polar surface area (TPSA) is 75.7 Å². The van der Waals surface area contributed by atoms with Crippen LogP contribution < -0.4 is 5.32 Å². The summed E-state index contributed by atoms with van der Waals surface area (Å²) in [7, 11) is 0. The van der Waals surface area contributed by atoms with E-state index >= 15 is 0 Å². The van der Waals surface area contributed by atoms with Crippen LogP contribution in [-0.2, 0) is 14.3 Å². The van der Waals surface area contributed by atoms with Crippen molar-refractivity contribution in [1.29, 1.82) is 0 Å². The Morgan fingerprint density at radius 1 is 1.07 bits per heavy atom. The first-order valence-electron chi connectivity index (χ1n) is 9.22. The predicted octanol–water partition coefficient (Wildman–Crippen LogP) is 3.50. The number of benzene rings is 2. The van der Waals surface area contributed by atoms with Crippen LogP contribution in [0.4, 0.5) is 10.1 Å². The summed E-state index contributed by atoms with van der Waals surface area (Å²) >= 11 is 0. The van der Waals surface area contributed by atoms with Gasteiger partial charge >= 0.3 is 5.97 Å². The van der Waals surface area contributed by atoms with Crippen LogP contribution in [0.3, 0.4) is 0 Å². The van der Waals surface area contributed by atoms with Crippen molar-refractivity contribution in [1.82, 2.24) is 4.90 Å². The van der Waals surface area contributed by atoms with E-state index in [0.29, 0.717) is 29.9 Å². The molecule has 1 N–H and O–H groups in total. The number of esters is 1. The number of carbonyl (C=O) groups is 3. The molecule has 0 aliphatic rings. The minimum atomic E-state index is -0.699. The van der Waals surface area contributed by atoms with E-state index in [2.05, 4.69) is 5.32 Å². The van der Waals surface area contributed by atoms with Gasteiger partial charge in [0, 0.05) is 30.4 Å². The quantitative estimate of drug-likeness (QED) is 0.545. The van der Waals surface area contributed by atoms with E-state index in [-0.39, 0.29) is 11.7 Å². The number of nitrogens with one attached hydrogen (secondary N) is 1. The van der Waals surface area contributed by atoms with Gasteiger partial charge in [0.1, 0.15) is 5.82 Å². The number of ether oxygens (including phenoxy) is 1. The monoisotopic (exact) mass is 398 g/mol. The van der Waals surface area contributed by atoms with Crippen molar-refractivity contribution in [2.45, 2.75) is 13.8 Å². The summed E-state index contributed by atoms with van der Waals surface area (Å²) in [5, 5.41) is 2.59. The van der Waals surface area contributed by atoms with Crippen molar-refractivity contribution in [2.24, 2.45) is 0 Å². The molecule has 0 atom stereocenters. The summed E-state index contributed by atoms with van der Waals surface area (Å²) < 4.78 is 17.7. The van der Waals surface area contributed by atoms with E-state index in [9.17, 15) is 18.8 Å². The molecule has 0 saturated carbocycles. The summed E-state index contributed by atoms with van der Waals surface area (Å²) in [5.41, 5.74) is 1.53. The molecule has 0 fully saturated rings. The van der Waals surface area contributed by atoms with Gasteiger partial charge in [-0.2, -0.15) is 0 Å². The molecule has 0 aliphatic carbocycles. The van der Waals surface area contributed by atoms with Crippen LogP contribution >= 0.6 is 0 Å². The van der Waals surface area contributed by atoms with Gasteiger partial charge in [0.25, 0.3) is 11.8 Å². The fourth-order valence-electron chi connectivity index (χ4n) is 2.54. The van der Waals surface area contributed by atoms with Crippen LogP contribution in [0.15, 0.2) is 54.6 Å². The lowest BCUT2D eigenvalue weighted by Crippen LogP contribution is -2.30. The standard InChI is InChI=1S/C22H23FN2O4/c1-3-25(4-2)22(28)17-6-5-7-19(14-17)24-20(26)15-29-21(27)13-10-16-8-11-18(23)12-9-16/h5-14H,3-4,15H2,1-2H3,(H,24,26)/b13-10+. The lowest BCUT2D eigenvalue weighted by atomic mass is 10.1. The molecule has 6 nitrogen and oxygen atoms in total. The molecule has 0 spiro atoms. The lowest BCUT2D eigenvalue weighted by molar-refractivity contribution is -0.142. The second-order valence-corrected chi connectivity index (χ2v) is 6.10. The van der Waals surface area contributed by atoms with Crippen LogP contribution in [0.25, 0.3) is 6.08 Å². The summed E-state index contributed by atoms with van der Waals surface area (Å²) in [5.74, 6) is -1.72. The number of anilines is 1. The second-order valence-electron chi connectivity index (χ2n) is 6.10. The highest BCUT2D eigenvalue weighted by Crippen LogP contribution is 2.13. The number of halogens is 1. The third-order valence-electron chi connectivity index (χ3n) is 4.07. The van der Waals surface area contributed by atoms with E-state index in [1.807, 2.05) is 13.8 Å². The Bertz CT molecular complexity index is 890. The van der Waals surface area contributed by atoms with Gasteiger partial charge in [-0.15, -0.1) is 0 Å². The van der Waals surface area contributed by atoms with E-state index in [0.717, 1.165) is 6.08 Å². The molecule has 0 aliphatic heterocycles. The molecule has 2 rings (SSSR count). The molecular formula is C22H23FN2O4. The SMILES string of the molecule is CCN(CC)C(=O)c1cccc(NC(=O)COC(=O)/C=C/c2ccc(F)cc2)c1. The molecule has 29 heavy (non-hydrogen) atoms. The van der Waals surface area contributed by atoms with Gasteiger partial charge in [-0.25, -0.2) is 9.18 Å². The Morgan fingerprint density at radius 3 is 2.41 bits per heavy atom. The van der Waals surface area contributed by atoms with Crippen LogP contribution in [-0.4, -0.2) is 42.4 Å². The van der Waals surface area contributed by atoms with Crippen LogP contribution in [0.1, 0.15) is 29.8 Å². The van der Waals surface area contributed by atoms with Gasteiger partial charge < -0.3 is 15.0 Å². The van der Waals surface area contributed by atoms with Gasteiger partial charge in [0.2, 0.25) is 0 Å². The fraction of sp³-hybridized carbons (Fsp3) is 0.227. The summed E-state index contributed by atoms with van der Waals surface area (Å²) in [6, 6.07) is 12.1. The van der Waals surface area contributed by atoms with Gasteiger partial charge in [-0.1, -0.05) is 18.2 Å². The second kappa shape index (κ2) is 10.8. The maximum atomic E-state index is 12.8. The molecule has 0 heterocycles. The number of carbonyl (C=O) groups excluding carboxylic acids is 3. The van der Waals surface area contributed by atoms with Crippen molar-refractivity contribution >= 4 is 29.5 Å². The van der Waals surface area contributed by atoms with E-state index < -0.39 is 18.5 Å². The molecule has 0 saturated heterocycles. The Hall–Kier alpha value is -3.48. The first kappa shape index (κ1) is 21.8. The zero-order valence-electron chi connectivity index (χ0n) is 16.4. The highest BCUT2D eigenvalue weighted by molar-refractivity contribution is 5.98. The van der Waals surface area contributed by atoms with Crippen molar-refractivity contribution in [3.05, 3.63) is 71.6 Å². The molecule has 0 bridgehead atoms. The molecule has 0 unspecified atom stereocenters. The van der Waals surface area contributed by atoms with E-state index in [4.69, 9.17) is 4.74 Å².